The van der Waals surface area contributed by atoms with Crippen LogP contribution in [-0.4, -0.2) is 28.7 Å². The van der Waals surface area contributed by atoms with Crippen LogP contribution in [0.25, 0.3) is 0 Å². The van der Waals surface area contributed by atoms with Crippen LogP contribution in [0.5, 0.6) is 0 Å². The molecule has 0 saturated heterocycles. The molecule has 0 aliphatic carbocycles. The van der Waals surface area contributed by atoms with Crippen molar-refractivity contribution in [2.45, 2.75) is 65.5 Å². The highest BCUT2D eigenvalue weighted by Gasteiger charge is 2.29. The minimum atomic E-state index is -0.260. The number of hydrogen-bond donors (Lipinski definition) is 1. The number of pyridine rings is 1. The molecule has 3 rings (SSSR count). The Kier molecular flexibility index (Phi) is 6.42. The molecule has 1 N–H and O–H groups in total. The first kappa shape index (κ1) is 21.1. The molecule has 2 aromatic rings. The van der Waals surface area contributed by atoms with Crippen LogP contribution in [0, 0.1) is 13.8 Å². The zero-order chi connectivity index (χ0) is 21.1. The van der Waals surface area contributed by atoms with Crippen LogP contribution in [0.4, 0.5) is 5.69 Å². The molecule has 1 aromatic heterocycles. The van der Waals surface area contributed by atoms with Gasteiger partial charge < -0.3 is 9.84 Å². The van der Waals surface area contributed by atoms with Gasteiger partial charge in [0.25, 0.3) is 0 Å². The van der Waals surface area contributed by atoms with Crippen LogP contribution in [0.2, 0.25) is 0 Å². The molecule has 29 heavy (non-hydrogen) atoms. The van der Waals surface area contributed by atoms with E-state index < -0.39 is 0 Å². The van der Waals surface area contributed by atoms with Crippen LogP contribution in [0.15, 0.2) is 34.6 Å². The van der Waals surface area contributed by atoms with E-state index in [9.17, 15) is 9.90 Å². The maximum Gasteiger partial charge on any atom is 0.306 e. The first-order chi connectivity index (χ1) is 13.9. The number of aryl methyl sites for hydroxylation is 1. The fraction of sp³-hybridized carbons (Fsp3) is 0.478. The summed E-state index contributed by atoms with van der Waals surface area (Å²) in [6, 6.07) is 6.04. The van der Waals surface area contributed by atoms with E-state index in [1.54, 1.807) is 6.92 Å². The van der Waals surface area contributed by atoms with Crippen molar-refractivity contribution >= 4 is 11.7 Å². The quantitative estimate of drug-likeness (QED) is 0.708. The number of benzene rings is 1. The van der Waals surface area contributed by atoms with Gasteiger partial charge in [-0.25, -0.2) is 0 Å². The van der Waals surface area contributed by atoms with E-state index in [0.717, 1.165) is 39.2 Å². The maximum absolute atomic E-state index is 12.4. The fourth-order valence-corrected chi connectivity index (χ4v) is 3.79. The van der Waals surface area contributed by atoms with Gasteiger partial charge in [0.05, 0.1) is 31.4 Å². The highest BCUT2D eigenvalue weighted by molar-refractivity contribution is 5.72. The lowest BCUT2D eigenvalue weighted by molar-refractivity contribution is -0.143. The summed E-state index contributed by atoms with van der Waals surface area (Å²) in [5.74, 6) is -0.300. The summed E-state index contributed by atoms with van der Waals surface area (Å²) in [4.78, 5) is 17.1. The number of carbonyl (C=O) groups is 1. The Morgan fingerprint density at radius 2 is 2.03 bits per heavy atom. The maximum atomic E-state index is 12.4. The standard InChI is InChI=1S/C23H29N3O3/c1-6-29-21(28)10-19(17-8-7-13(2)18(9-17)12-27)20-11-24-22-14(3)16(5)25-26-23(22)15(20)4/h7-9,11,14,16,19,27H,6,10,12H2,1-5H3. The number of aromatic nitrogens is 1. The van der Waals surface area contributed by atoms with E-state index in [4.69, 9.17) is 9.72 Å². The number of aliphatic hydroxyl groups excluding tert-OH is 1. The monoisotopic (exact) mass is 395 g/mol. The van der Waals surface area contributed by atoms with Crippen molar-refractivity contribution < 1.29 is 14.6 Å². The molecule has 0 spiro atoms. The molecule has 154 valence electrons. The van der Waals surface area contributed by atoms with E-state index >= 15 is 0 Å². The van der Waals surface area contributed by atoms with Crippen molar-refractivity contribution in [2.75, 3.05) is 6.61 Å². The van der Waals surface area contributed by atoms with Gasteiger partial charge in [-0.15, -0.1) is 0 Å². The molecule has 1 aromatic carbocycles. The molecule has 6 heteroatoms. The molecular formula is C23H29N3O3. The van der Waals surface area contributed by atoms with Crippen molar-refractivity contribution in [2.24, 2.45) is 10.2 Å². The predicted octanol–water partition coefficient (Wildman–Crippen LogP) is 4.87. The van der Waals surface area contributed by atoms with Crippen molar-refractivity contribution in [3.05, 3.63) is 57.9 Å². The van der Waals surface area contributed by atoms with Gasteiger partial charge in [-0.3, -0.25) is 9.78 Å². The normalized spacial score (nSPS) is 19.0. The number of hydrogen-bond acceptors (Lipinski definition) is 6. The van der Waals surface area contributed by atoms with Crippen LogP contribution in [0.3, 0.4) is 0 Å². The van der Waals surface area contributed by atoms with E-state index in [2.05, 4.69) is 17.2 Å². The molecule has 0 bridgehead atoms. The zero-order valence-electron chi connectivity index (χ0n) is 17.8. The molecule has 1 aliphatic heterocycles. The van der Waals surface area contributed by atoms with Crippen LogP contribution in [0.1, 0.15) is 72.5 Å². The van der Waals surface area contributed by atoms with Gasteiger partial charge in [0.1, 0.15) is 5.69 Å². The van der Waals surface area contributed by atoms with E-state index in [0.29, 0.717) is 6.61 Å². The summed E-state index contributed by atoms with van der Waals surface area (Å²) in [7, 11) is 0. The van der Waals surface area contributed by atoms with Crippen LogP contribution < -0.4 is 0 Å². The second-order valence-corrected chi connectivity index (χ2v) is 7.72. The average molecular weight is 396 g/mol. The summed E-state index contributed by atoms with van der Waals surface area (Å²) < 4.78 is 5.23. The number of fused-ring (bicyclic) bond motifs is 1. The molecule has 0 saturated carbocycles. The molecule has 3 atom stereocenters. The highest BCUT2D eigenvalue weighted by Crippen LogP contribution is 2.41. The number of nitrogens with zero attached hydrogens (tertiary/aromatic N) is 3. The molecule has 6 nitrogen and oxygen atoms in total. The summed E-state index contributed by atoms with van der Waals surface area (Å²) in [6.07, 6.45) is 2.06. The Morgan fingerprint density at radius 1 is 1.28 bits per heavy atom. The van der Waals surface area contributed by atoms with Gasteiger partial charge in [-0.1, -0.05) is 25.1 Å². The lowest BCUT2D eigenvalue weighted by Crippen LogP contribution is -2.17. The lowest BCUT2D eigenvalue weighted by atomic mass is 9.84. The number of ether oxygens (including phenoxy) is 1. The number of azo groups is 1. The van der Waals surface area contributed by atoms with Crippen molar-refractivity contribution in [3.8, 4) is 0 Å². The Hall–Kier alpha value is -2.60. The van der Waals surface area contributed by atoms with Crippen LogP contribution in [-0.2, 0) is 16.1 Å². The summed E-state index contributed by atoms with van der Waals surface area (Å²) in [6.45, 7) is 10.2. The Morgan fingerprint density at radius 3 is 2.72 bits per heavy atom. The number of aliphatic hydroxyl groups is 1. The molecule has 0 radical (unpaired) electrons. The molecule has 0 fully saturated rings. The molecule has 2 heterocycles. The molecule has 1 aliphatic rings. The van der Waals surface area contributed by atoms with Gasteiger partial charge in [0.15, 0.2) is 0 Å². The molecular weight excluding hydrogens is 366 g/mol. The van der Waals surface area contributed by atoms with Gasteiger partial charge >= 0.3 is 5.97 Å². The lowest BCUT2D eigenvalue weighted by Gasteiger charge is -2.26. The van der Waals surface area contributed by atoms with E-state index in [1.807, 2.05) is 45.2 Å². The SMILES string of the molecule is CCOC(=O)CC(c1ccc(C)c(CO)c1)c1cnc2c(c1C)N=NC(C)C2C. The smallest absolute Gasteiger partial charge is 0.306 e. The van der Waals surface area contributed by atoms with E-state index in [1.165, 1.54) is 0 Å². The number of esters is 1. The first-order valence-corrected chi connectivity index (χ1v) is 10.1. The second-order valence-electron chi connectivity index (χ2n) is 7.72. The van der Waals surface area contributed by atoms with Crippen molar-refractivity contribution in [1.82, 2.24) is 4.98 Å². The summed E-state index contributed by atoms with van der Waals surface area (Å²) >= 11 is 0. The van der Waals surface area contributed by atoms with Crippen molar-refractivity contribution in [1.29, 1.82) is 0 Å². The Balaban J connectivity index is 2.10. The third-order valence-corrected chi connectivity index (χ3v) is 5.87. The number of carbonyl (C=O) groups excluding carboxylic acids is 1. The molecule has 3 unspecified atom stereocenters. The van der Waals surface area contributed by atoms with E-state index in [-0.39, 0.29) is 36.9 Å². The Labute approximate surface area is 172 Å². The predicted molar refractivity (Wildman–Crippen MR) is 112 cm³/mol. The summed E-state index contributed by atoms with van der Waals surface area (Å²) in [5.41, 5.74) is 6.49. The second kappa shape index (κ2) is 8.82. The zero-order valence-corrected chi connectivity index (χ0v) is 17.8. The van der Waals surface area contributed by atoms with Crippen LogP contribution >= 0.6 is 0 Å². The van der Waals surface area contributed by atoms with Gasteiger partial charge in [-0.05, 0) is 55.5 Å². The third kappa shape index (κ3) is 4.22. The highest BCUT2D eigenvalue weighted by atomic mass is 16.5. The first-order valence-electron chi connectivity index (χ1n) is 10.1. The Bertz CT molecular complexity index is 939. The summed E-state index contributed by atoms with van der Waals surface area (Å²) in [5, 5.41) is 18.5. The fourth-order valence-electron chi connectivity index (χ4n) is 3.79. The minimum absolute atomic E-state index is 0.0448. The topological polar surface area (TPSA) is 84.1 Å². The number of rotatable bonds is 6. The van der Waals surface area contributed by atoms with Crippen molar-refractivity contribution in [3.63, 3.8) is 0 Å². The largest absolute Gasteiger partial charge is 0.466 e. The van der Waals surface area contributed by atoms with Gasteiger partial charge in [-0.2, -0.15) is 10.2 Å². The third-order valence-electron chi connectivity index (χ3n) is 5.87. The minimum Gasteiger partial charge on any atom is -0.466 e. The molecule has 0 amide bonds. The van der Waals surface area contributed by atoms with Gasteiger partial charge in [0, 0.05) is 18.0 Å². The average Bonchev–Trinajstić information content (AvgIpc) is 2.70. The van der Waals surface area contributed by atoms with Gasteiger partial charge in [0.2, 0.25) is 0 Å².